The summed E-state index contributed by atoms with van der Waals surface area (Å²) >= 11 is 0. The lowest BCUT2D eigenvalue weighted by Gasteiger charge is -2.19. The zero-order valence-electron chi connectivity index (χ0n) is 21.8. The average Bonchev–Trinajstić information content (AvgIpc) is 3.30. The Morgan fingerprint density at radius 1 is 1.13 bits per heavy atom. The second kappa shape index (κ2) is 9.68. The van der Waals surface area contributed by atoms with Gasteiger partial charge in [-0.25, -0.2) is 24.5 Å². The molecule has 0 aliphatic heterocycles. The predicted octanol–water partition coefficient (Wildman–Crippen LogP) is 2.35. The molecule has 0 radical (unpaired) electrons. The van der Waals surface area contributed by atoms with E-state index in [1.807, 2.05) is 10.8 Å². The molecule has 0 saturated carbocycles. The predicted molar refractivity (Wildman–Crippen MR) is 140 cm³/mol. The Labute approximate surface area is 218 Å². The van der Waals surface area contributed by atoms with Crippen LogP contribution in [0.25, 0.3) is 22.2 Å². The van der Waals surface area contributed by atoms with Crippen LogP contribution in [0.2, 0.25) is 0 Å². The molecular weight excluding hydrogens is 490 g/mol. The number of nitrogens with two attached hydrogens (primary N) is 1. The minimum absolute atomic E-state index is 0.116. The average molecular weight is 520 g/mol. The minimum atomic E-state index is -1.18. The molecule has 4 rings (SSSR count). The van der Waals surface area contributed by atoms with Crippen LogP contribution in [0.15, 0.2) is 41.7 Å². The monoisotopic (exact) mass is 519 g/mol. The second-order valence-corrected chi connectivity index (χ2v) is 10.2. The molecule has 38 heavy (non-hydrogen) atoms. The van der Waals surface area contributed by atoms with Gasteiger partial charge in [-0.2, -0.15) is 4.57 Å². The number of hydrogen-bond donors (Lipinski definition) is 3. The van der Waals surface area contributed by atoms with E-state index < -0.39 is 28.9 Å². The number of nitrogens with zero attached hydrogens (tertiary/aromatic N) is 6. The highest BCUT2D eigenvalue weighted by atomic mass is 16.6. The first-order valence-electron chi connectivity index (χ1n) is 11.8. The van der Waals surface area contributed by atoms with Crippen molar-refractivity contribution in [1.82, 2.24) is 28.7 Å². The SMILES string of the molecule is CC(C)(O)C#Cc1cc2c(-c3ccnc(N)n3)cn(CCn3cc(O)n(C(=O)OC(C)(C)C)c3=O)c2cn1. The molecule has 0 bridgehead atoms. The van der Waals surface area contributed by atoms with Gasteiger partial charge in [0.05, 0.1) is 23.6 Å². The number of fused-ring (bicyclic) bond motifs is 1. The first-order valence-corrected chi connectivity index (χ1v) is 11.8. The van der Waals surface area contributed by atoms with Crippen LogP contribution < -0.4 is 11.4 Å². The lowest BCUT2D eigenvalue weighted by Crippen LogP contribution is -2.34. The van der Waals surface area contributed by atoms with E-state index in [1.165, 1.54) is 10.8 Å². The molecule has 0 unspecified atom stereocenters. The summed E-state index contributed by atoms with van der Waals surface area (Å²) in [6.45, 7) is 8.60. The van der Waals surface area contributed by atoms with Gasteiger partial charge in [-0.1, -0.05) is 5.92 Å². The van der Waals surface area contributed by atoms with Crippen molar-refractivity contribution >= 4 is 22.9 Å². The molecule has 4 N–H and O–H groups in total. The topological polar surface area (TPSA) is 163 Å². The Bertz CT molecular complexity index is 1640. The highest BCUT2D eigenvalue weighted by molar-refractivity contribution is 5.95. The minimum Gasteiger partial charge on any atom is -0.493 e. The van der Waals surface area contributed by atoms with Gasteiger partial charge in [0, 0.05) is 36.4 Å². The fourth-order valence-corrected chi connectivity index (χ4v) is 3.72. The van der Waals surface area contributed by atoms with Gasteiger partial charge in [-0.05, 0) is 52.7 Å². The van der Waals surface area contributed by atoms with Crippen molar-refractivity contribution in [2.45, 2.75) is 58.9 Å². The maximum Gasteiger partial charge on any atom is 0.425 e. The maximum atomic E-state index is 12.8. The molecule has 4 heterocycles. The summed E-state index contributed by atoms with van der Waals surface area (Å²) in [6, 6.07) is 3.51. The summed E-state index contributed by atoms with van der Waals surface area (Å²) in [6.07, 6.45) is 5.27. The van der Waals surface area contributed by atoms with Gasteiger partial charge >= 0.3 is 11.8 Å². The van der Waals surface area contributed by atoms with E-state index in [1.54, 1.807) is 59.1 Å². The van der Waals surface area contributed by atoms with Crippen LogP contribution in [0.4, 0.5) is 10.7 Å². The summed E-state index contributed by atoms with van der Waals surface area (Å²) < 4.78 is 8.91. The van der Waals surface area contributed by atoms with Crippen molar-refractivity contribution in [1.29, 1.82) is 0 Å². The van der Waals surface area contributed by atoms with Crippen molar-refractivity contribution in [2.24, 2.45) is 0 Å². The standard InChI is InChI=1S/C26H29N7O5/c1-25(2,3)38-24(36)33-21(34)15-32(23(33)35)11-10-31-14-18(19-7-9-28-22(27)30-19)17-12-16(29-13-20(17)31)6-8-26(4,5)37/h7,9,12-15,34,37H,10-11H2,1-5H3,(H2,27,28,30). The lowest BCUT2D eigenvalue weighted by molar-refractivity contribution is 0.0518. The number of pyridine rings is 1. The number of aromatic nitrogens is 6. The molecular formula is C26H29N7O5. The second-order valence-electron chi connectivity index (χ2n) is 10.2. The third-order valence-electron chi connectivity index (χ3n) is 5.31. The number of imidazole rings is 1. The third-order valence-corrected chi connectivity index (χ3v) is 5.31. The van der Waals surface area contributed by atoms with E-state index in [0.29, 0.717) is 22.5 Å². The fourth-order valence-electron chi connectivity index (χ4n) is 3.72. The Hall–Kier alpha value is -4.63. The molecule has 0 fully saturated rings. The molecule has 12 nitrogen and oxygen atoms in total. The smallest absolute Gasteiger partial charge is 0.425 e. The molecule has 12 heteroatoms. The summed E-state index contributed by atoms with van der Waals surface area (Å²) in [4.78, 5) is 37.9. The van der Waals surface area contributed by atoms with Gasteiger partial charge in [-0.15, -0.1) is 0 Å². The summed E-state index contributed by atoms with van der Waals surface area (Å²) in [5.74, 6) is 5.23. The summed E-state index contributed by atoms with van der Waals surface area (Å²) in [5, 5.41) is 21.0. The van der Waals surface area contributed by atoms with Gasteiger partial charge < -0.3 is 25.3 Å². The zero-order chi connectivity index (χ0) is 27.8. The van der Waals surface area contributed by atoms with E-state index in [4.69, 9.17) is 10.5 Å². The van der Waals surface area contributed by atoms with Crippen LogP contribution in [0.5, 0.6) is 5.88 Å². The van der Waals surface area contributed by atoms with Crippen molar-refractivity contribution < 1.29 is 19.7 Å². The molecule has 4 aromatic rings. The summed E-state index contributed by atoms with van der Waals surface area (Å²) in [7, 11) is 0. The fraction of sp³-hybridized carbons (Fsp3) is 0.346. The van der Waals surface area contributed by atoms with E-state index in [-0.39, 0.29) is 12.5 Å². The largest absolute Gasteiger partial charge is 0.493 e. The van der Waals surface area contributed by atoms with Crippen LogP contribution in [-0.4, -0.2) is 56.2 Å². The molecule has 0 aromatic carbocycles. The Morgan fingerprint density at radius 2 is 1.84 bits per heavy atom. The van der Waals surface area contributed by atoms with E-state index in [0.717, 1.165) is 16.5 Å². The lowest BCUT2D eigenvalue weighted by atomic mass is 10.1. The normalized spacial score (nSPS) is 11.8. The van der Waals surface area contributed by atoms with Gasteiger partial charge in [0.25, 0.3) is 0 Å². The Balaban J connectivity index is 1.72. The molecule has 0 saturated heterocycles. The molecule has 0 aliphatic rings. The van der Waals surface area contributed by atoms with Gasteiger partial charge in [0.15, 0.2) is 0 Å². The van der Waals surface area contributed by atoms with Crippen LogP contribution in [0.3, 0.4) is 0 Å². The van der Waals surface area contributed by atoms with E-state index in [9.17, 15) is 19.8 Å². The highest BCUT2D eigenvalue weighted by Gasteiger charge is 2.24. The molecule has 0 spiro atoms. The number of aliphatic hydroxyl groups is 1. The zero-order valence-corrected chi connectivity index (χ0v) is 21.8. The van der Waals surface area contributed by atoms with E-state index in [2.05, 4.69) is 26.8 Å². The van der Waals surface area contributed by atoms with Crippen LogP contribution >= 0.6 is 0 Å². The highest BCUT2D eigenvalue weighted by Crippen LogP contribution is 2.30. The van der Waals surface area contributed by atoms with E-state index >= 15 is 0 Å². The first kappa shape index (κ1) is 26.4. The number of aromatic hydroxyl groups is 1. The van der Waals surface area contributed by atoms with Crippen LogP contribution in [0, 0.1) is 11.8 Å². The molecule has 0 atom stereocenters. The number of anilines is 1. The van der Waals surface area contributed by atoms with Crippen molar-refractivity contribution in [3.63, 3.8) is 0 Å². The van der Waals surface area contributed by atoms with Crippen LogP contribution in [-0.2, 0) is 17.8 Å². The Morgan fingerprint density at radius 3 is 2.50 bits per heavy atom. The third kappa shape index (κ3) is 5.84. The van der Waals surface area contributed by atoms with Gasteiger partial charge in [-0.3, -0.25) is 4.57 Å². The molecule has 0 amide bonds. The van der Waals surface area contributed by atoms with Gasteiger partial charge in [0.1, 0.15) is 16.9 Å². The number of carbonyl (C=O) groups is 1. The quantitative estimate of drug-likeness (QED) is 0.343. The van der Waals surface area contributed by atoms with Crippen LogP contribution in [0.1, 0.15) is 40.3 Å². The first-order chi connectivity index (χ1) is 17.7. The van der Waals surface area contributed by atoms with Crippen molar-refractivity contribution in [3.8, 4) is 29.0 Å². The number of ether oxygens (including phenoxy) is 1. The Kier molecular flexibility index (Phi) is 6.73. The molecule has 0 aliphatic carbocycles. The molecule has 4 aromatic heterocycles. The number of rotatable bonds is 4. The van der Waals surface area contributed by atoms with Gasteiger partial charge in [0.2, 0.25) is 11.8 Å². The van der Waals surface area contributed by atoms with Crippen molar-refractivity contribution in [2.75, 3.05) is 5.73 Å². The van der Waals surface area contributed by atoms with Crippen molar-refractivity contribution in [3.05, 3.63) is 53.1 Å². The summed E-state index contributed by atoms with van der Waals surface area (Å²) in [5.41, 5.74) is 5.58. The number of carbonyl (C=O) groups excluding carboxylic acids is 1. The number of hydrogen-bond acceptors (Lipinski definition) is 9. The number of nitrogen functional groups attached to an aromatic ring is 1. The molecule has 198 valence electrons. The number of aryl methyl sites for hydroxylation is 2. The maximum absolute atomic E-state index is 12.8.